The average molecular weight is 404 g/mol. The Morgan fingerprint density at radius 1 is 1.31 bits per heavy atom. The van der Waals surface area contributed by atoms with Crippen molar-refractivity contribution in [1.29, 1.82) is 0 Å². The van der Waals surface area contributed by atoms with E-state index in [4.69, 9.17) is 4.74 Å². The number of benzene rings is 1. The lowest BCUT2D eigenvalue weighted by atomic mass is 10.0. The number of aromatic nitrogens is 3. The van der Waals surface area contributed by atoms with Gasteiger partial charge in [0.05, 0.1) is 18.5 Å². The number of fused-ring (bicyclic) bond motifs is 1. The molecule has 0 saturated carbocycles. The predicted octanol–water partition coefficient (Wildman–Crippen LogP) is 2.04. The summed E-state index contributed by atoms with van der Waals surface area (Å²) in [5.41, 5.74) is 3.62. The quantitative estimate of drug-likeness (QED) is 0.771. The van der Waals surface area contributed by atoms with Crippen molar-refractivity contribution in [2.24, 2.45) is 0 Å². The Kier molecular flexibility index (Phi) is 5.41. The third kappa shape index (κ3) is 4.45. The topological polar surface area (TPSA) is 86.1 Å². The first-order chi connectivity index (χ1) is 13.7. The maximum Gasteiger partial charge on any atom is 0.424 e. The first kappa shape index (κ1) is 20.1. The Balaban J connectivity index is 1.77. The van der Waals surface area contributed by atoms with Crippen LogP contribution in [0.4, 0.5) is 13.2 Å². The third-order valence-electron chi connectivity index (χ3n) is 4.14. The molecule has 10 heteroatoms. The number of carbonyl (C=O) groups is 1. The molecule has 1 heterocycles. The van der Waals surface area contributed by atoms with E-state index in [2.05, 4.69) is 21.4 Å². The predicted molar refractivity (Wildman–Crippen MR) is 97.2 cm³/mol. The Hall–Kier alpha value is -3.61. The van der Waals surface area contributed by atoms with E-state index in [1.807, 2.05) is 5.73 Å². The minimum Gasteiger partial charge on any atom is -0.497 e. The van der Waals surface area contributed by atoms with Crippen molar-refractivity contribution < 1.29 is 22.7 Å². The zero-order valence-electron chi connectivity index (χ0n) is 15.4. The number of amides is 1. The lowest BCUT2D eigenvalue weighted by Crippen LogP contribution is -2.39. The molecule has 29 heavy (non-hydrogen) atoms. The van der Waals surface area contributed by atoms with E-state index in [0.29, 0.717) is 16.8 Å². The number of allylic oxidation sites excluding steroid dienone is 2. The van der Waals surface area contributed by atoms with Crippen LogP contribution in [0.5, 0.6) is 5.75 Å². The minimum atomic E-state index is -4.51. The zero-order valence-corrected chi connectivity index (χ0v) is 15.4. The van der Waals surface area contributed by atoms with Crippen LogP contribution >= 0.6 is 0 Å². The van der Waals surface area contributed by atoms with E-state index >= 15 is 0 Å². The Bertz CT molecular complexity index is 1170. The number of methoxy groups -OCH3 is 1. The number of alkyl halides is 3. The molecule has 1 aliphatic carbocycles. The summed E-state index contributed by atoms with van der Waals surface area (Å²) in [5, 5.41) is 10.5. The van der Waals surface area contributed by atoms with Gasteiger partial charge in [-0.05, 0) is 37.3 Å². The lowest BCUT2D eigenvalue weighted by Gasteiger charge is -2.15. The lowest BCUT2D eigenvalue weighted by molar-refractivity contribution is -0.122. The minimum absolute atomic E-state index is 0.242. The van der Waals surface area contributed by atoms with E-state index in [1.165, 1.54) is 19.3 Å². The second-order valence-corrected chi connectivity index (χ2v) is 6.17. The number of carbonyl (C=O) groups excluding carboxylic acids is 1. The molecule has 150 valence electrons. The molecule has 1 aliphatic rings. The molecule has 0 spiro atoms. The van der Waals surface area contributed by atoms with Gasteiger partial charge >= 0.3 is 6.18 Å². The number of halogens is 3. The largest absolute Gasteiger partial charge is 0.497 e. The number of nitrogens with zero attached hydrogens (tertiary/aromatic N) is 3. The summed E-state index contributed by atoms with van der Waals surface area (Å²) in [6, 6.07) is 4.06. The van der Waals surface area contributed by atoms with Gasteiger partial charge in [-0.15, -0.1) is 5.10 Å². The second kappa shape index (κ2) is 7.79. The number of hydrogen-bond donors (Lipinski definition) is 1. The number of ether oxygens (including phenoxy) is 1. The van der Waals surface area contributed by atoms with Crippen molar-refractivity contribution >= 4 is 16.8 Å². The van der Waals surface area contributed by atoms with Crippen LogP contribution in [-0.2, 0) is 11.3 Å². The molecular formula is C19H15F3N4O3. The van der Waals surface area contributed by atoms with Crippen LogP contribution in [0.2, 0.25) is 0 Å². The fourth-order valence-electron chi connectivity index (χ4n) is 2.60. The average Bonchev–Trinajstić information content (AvgIpc) is 2.69. The van der Waals surface area contributed by atoms with Gasteiger partial charge in [-0.3, -0.25) is 9.59 Å². The van der Waals surface area contributed by atoms with E-state index in [9.17, 15) is 22.8 Å². The van der Waals surface area contributed by atoms with Crippen molar-refractivity contribution in [2.45, 2.75) is 25.7 Å². The van der Waals surface area contributed by atoms with Crippen molar-refractivity contribution in [3.63, 3.8) is 0 Å². The summed E-state index contributed by atoms with van der Waals surface area (Å²) in [4.78, 5) is 24.8. The highest BCUT2D eigenvalue weighted by atomic mass is 19.4. The monoisotopic (exact) mass is 404 g/mol. The van der Waals surface area contributed by atoms with Gasteiger partial charge < -0.3 is 10.1 Å². The van der Waals surface area contributed by atoms with Gasteiger partial charge in [-0.25, -0.2) is 4.68 Å². The molecule has 0 bridgehead atoms. The van der Waals surface area contributed by atoms with Crippen molar-refractivity contribution in [1.82, 2.24) is 20.3 Å². The smallest absolute Gasteiger partial charge is 0.424 e. The van der Waals surface area contributed by atoms with E-state index < -0.39 is 35.8 Å². The van der Waals surface area contributed by atoms with Crippen LogP contribution in [0, 0.1) is 0 Å². The molecule has 7 nitrogen and oxygen atoms in total. The SMILES string of the molecule is COc1ccc2nnn(CC(=O)N[C@@H](C)C3=C=C=C(C(F)(F)F)C=C3)c(=O)c2c1. The summed E-state index contributed by atoms with van der Waals surface area (Å²) in [5.74, 6) is -0.106. The molecule has 1 atom stereocenters. The molecule has 1 N–H and O–H groups in total. The number of rotatable bonds is 5. The summed E-state index contributed by atoms with van der Waals surface area (Å²) in [6.45, 7) is 1.16. The van der Waals surface area contributed by atoms with Crippen molar-refractivity contribution in [3.8, 4) is 5.75 Å². The first-order valence-corrected chi connectivity index (χ1v) is 8.41. The highest BCUT2D eigenvalue weighted by Gasteiger charge is 2.32. The Morgan fingerprint density at radius 3 is 2.69 bits per heavy atom. The molecule has 1 aromatic carbocycles. The fourth-order valence-corrected chi connectivity index (χ4v) is 2.60. The molecule has 0 fully saturated rings. The first-order valence-electron chi connectivity index (χ1n) is 8.41. The molecule has 3 rings (SSSR count). The van der Waals surface area contributed by atoms with Crippen LogP contribution in [-0.4, -0.2) is 40.2 Å². The van der Waals surface area contributed by atoms with Gasteiger partial charge in [-0.2, -0.15) is 13.2 Å². The second-order valence-electron chi connectivity index (χ2n) is 6.17. The summed E-state index contributed by atoms with van der Waals surface area (Å²) in [7, 11) is 1.46. The highest BCUT2D eigenvalue weighted by Crippen LogP contribution is 2.27. The molecule has 1 aromatic heterocycles. The van der Waals surface area contributed by atoms with E-state index in [-0.39, 0.29) is 5.39 Å². The van der Waals surface area contributed by atoms with Gasteiger partial charge in [-0.1, -0.05) is 16.7 Å². The van der Waals surface area contributed by atoms with E-state index in [1.54, 1.807) is 19.1 Å². The summed E-state index contributed by atoms with van der Waals surface area (Å²) >= 11 is 0. The normalized spacial score (nSPS) is 14.4. The maximum absolute atomic E-state index is 12.6. The Morgan fingerprint density at radius 2 is 2.07 bits per heavy atom. The maximum atomic E-state index is 12.6. The highest BCUT2D eigenvalue weighted by molar-refractivity contribution is 5.80. The van der Waals surface area contributed by atoms with Crippen LogP contribution in [0.15, 0.2) is 57.8 Å². The molecule has 0 unspecified atom stereocenters. The van der Waals surface area contributed by atoms with Gasteiger partial charge in [0, 0.05) is 5.57 Å². The van der Waals surface area contributed by atoms with Gasteiger partial charge in [0.25, 0.3) is 5.56 Å². The summed E-state index contributed by atoms with van der Waals surface area (Å²) in [6.07, 6.45) is -2.44. The molecule has 0 aliphatic heterocycles. The molecule has 1 amide bonds. The van der Waals surface area contributed by atoms with Crippen LogP contribution in [0.1, 0.15) is 6.92 Å². The van der Waals surface area contributed by atoms with Crippen molar-refractivity contribution in [2.75, 3.05) is 7.11 Å². The van der Waals surface area contributed by atoms with E-state index in [0.717, 1.165) is 10.8 Å². The molecular weight excluding hydrogens is 389 g/mol. The Labute approximate surface area is 162 Å². The fraction of sp³-hybridized carbons (Fsp3) is 0.263. The molecule has 0 radical (unpaired) electrons. The molecule has 0 saturated heterocycles. The molecule has 2 aromatic rings. The summed E-state index contributed by atoms with van der Waals surface area (Å²) < 4.78 is 43.8. The van der Waals surface area contributed by atoms with Crippen LogP contribution in [0.3, 0.4) is 0 Å². The van der Waals surface area contributed by atoms with Gasteiger partial charge in [0.15, 0.2) is 0 Å². The van der Waals surface area contributed by atoms with Gasteiger partial charge in [0.2, 0.25) is 5.91 Å². The van der Waals surface area contributed by atoms with Crippen LogP contribution in [0.25, 0.3) is 10.9 Å². The van der Waals surface area contributed by atoms with Crippen LogP contribution < -0.4 is 15.6 Å². The zero-order chi connectivity index (χ0) is 21.2. The standard InChI is InChI=1S/C19H15F3N4O3/c1-11(12-3-5-13(6-4-12)19(20,21)22)23-17(27)10-26-18(28)15-9-14(29-2)7-8-16(15)24-25-26/h3,5,7-9,11H,10H2,1-2H3,(H,23,27)/t11-/m0/s1. The number of nitrogens with one attached hydrogen (secondary N) is 1. The number of hydrogen-bond acceptors (Lipinski definition) is 5. The third-order valence-corrected chi connectivity index (χ3v) is 4.14. The van der Waals surface area contributed by atoms with Gasteiger partial charge in [0.1, 0.15) is 23.4 Å². The van der Waals surface area contributed by atoms with Crippen molar-refractivity contribution in [3.05, 3.63) is 63.3 Å².